The number of carboxylic acids is 1. The monoisotopic (exact) mass is 278 g/mol. The summed E-state index contributed by atoms with van der Waals surface area (Å²) < 4.78 is 5.11. The third-order valence-electron chi connectivity index (χ3n) is 2.43. The van der Waals surface area contributed by atoms with Gasteiger partial charge in [-0.3, -0.25) is 0 Å². The summed E-state index contributed by atoms with van der Waals surface area (Å²) in [5, 5.41) is 12.8. The zero-order valence-electron chi connectivity index (χ0n) is 10.7. The third kappa shape index (κ3) is 3.57. The number of carboxylic acid groups (broad SMARTS) is 1. The van der Waals surface area contributed by atoms with Crippen LogP contribution in [-0.2, 0) is 5.75 Å². The maximum atomic E-state index is 10.9. The maximum absolute atomic E-state index is 10.9. The molecular weight excluding hydrogens is 264 g/mol. The minimum absolute atomic E-state index is 0.210. The smallest absolute Gasteiger partial charge is 0.335 e. The van der Waals surface area contributed by atoms with E-state index in [0.29, 0.717) is 17.5 Å². The van der Waals surface area contributed by atoms with Gasteiger partial charge in [-0.15, -0.1) is 11.8 Å². The molecule has 0 aliphatic heterocycles. The molecule has 6 heteroatoms. The van der Waals surface area contributed by atoms with Gasteiger partial charge in [0.25, 0.3) is 0 Å². The van der Waals surface area contributed by atoms with E-state index in [0.717, 1.165) is 4.90 Å². The molecule has 1 N–H and O–H groups in total. The summed E-state index contributed by atoms with van der Waals surface area (Å²) in [6.45, 7) is 3.97. The molecule has 19 heavy (non-hydrogen) atoms. The van der Waals surface area contributed by atoms with Crippen LogP contribution in [0.25, 0.3) is 0 Å². The SMILES string of the molecule is CC(C)c1nc(CSc2cccc(C(=O)O)c2)no1. The number of rotatable bonds is 5. The highest BCUT2D eigenvalue weighted by molar-refractivity contribution is 7.98. The number of carbonyl (C=O) groups is 1. The van der Waals surface area contributed by atoms with Crippen molar-refractivity contribution in [2.24, 2.45) is 0 Å². The summed E-state index contributed by atoms with van der Waals surface area (Å²) in [6.07, 6.45) is 0. The number of nitrogens with zero attached hydrogens (tertiary/aromatic N) is 2. The van der Waals surface area contributed by atoms with Gasteiger partial charge in [0.15, 0.2) is 5.82 Å². The lowest BCUT2D eigenvalue weighted by molar-refractivity contribution is 0.0696. The average molecular weight is 278 g/mol. The first-order valence-corrected chi connectivity index (χ1v) is 6.83. The number of hydrogen-bond acceptors (Lipinski definition) is 5. The molecule has 5 nitrogen and oxygen atoms in total. The second-order valence-corrected chi connectivity index (χ2v) is 5.37. The number of aromatic nitrogens is 2. The Labute approximate surface area is 115 Å². The standard InChI is InChI=1S/C13H14N2O3S/c1-8(2)12-14-11(15-18-12)7-19-10-5-3-4-9(6-10)13(16)17/h3-6,8H,7H2,1-2H3,(H,16,17). The van der Waals surface area contributed by atoms with Gasteiger partial charge in [0, 0.05) is 10.8 Å². The molecule has 0 fully saturated rings. The molecule has 0 saturated carbocycles. The summed E-state index contributed by atoms with van der Waals surface area (Å²) in [4.78, 5) is 16.0. The van der Waals surface area contributed by atoms with E-state index in [-0.39, 0.29) is 11.5 Å². The molecule has 2 rings (SSSR count). The molecule has 0 unspecified atom stereocenters. The Kier molecular flexibility index (Phi) is 4.21. The van der Waals surface area contributed by atoms with Crippen LogP contribution in [0.15, 0.2) is 33.7 Å². The molecule has 2 aromatic rings. The third-order valence-corrected chi connectivity index (χ3v) is 3.42. The van der Waals surface area contributed by atoms with Crippen LogP contribution >= 0.6 is 11.8 Å². The molecule has 0 radical (unpaired) electrons. The maximum Gasteiger partial charge on any atom is 0.335 e. The van der Waals surface area contributed by atoms with E-state index in [1.165, 1.54) is 11.8 Å². The van der Waals surface area contributed by atoms with Crippen LogP contribution in [0.4, 0.5) is 0 Å². The molecule has 0 saturated heterocycles. The predicted octanol–water partition coefficient (Wildman–Crippen LogP) is 3.18. The normalized spacial score (nSPS) is 10.9. The molecule has 0 spiro atoms. The van der Waals surface area contributed by atoms with E-state index in [2.05, 4.69) is 10.1 Å². The molecule has 100 valence electrons. The lowest BCUT2D eigenvalue weighted by atomic mass is 10.2. The Hall–Kier alpha value is -1.82. The van der Waals surface area contributed by atoms with Gasteiger partial charge >= 0.3 is 5.97 Å². The predicted molar refractivity (Wildman–Crippen MR) is 71.3 cm³/mol. The fourth-order valence-corrected chi connectivity index (χ4v) is 2.23. The fraction of sp³-hybridized carbons (Fsp3) is 0.308. The first-order valence-electron chi connectivity index (χ1n) is 5.85. The van der Waals surface area contributed by atoms with Crippen LogP contribution in [0.5, 0.6) is 0 Å². The van der Waals surface area contributed by atoms with Gasteiger partial charge in [-0.05, 0) is 18.2 Å². The molecule has 1 heterocycles. The molecule has 0 aliphatic rings. The lowest BCUT2D eigenvalue weighted by Crippen LogP contribution is -1.95. The second kappa shape index (κ2) is 5.88. The van der Waals surface area contributed by atoms with Crippen LogP contribution in [0.1, 0.15) is 41.8 Å². The van der Waals surface area contributed by atoms with Gasteiger partial charge in [0.05, 0.1) is 11.3 Å². The number of benzene rings is 1. The van der Waals surface area contributed by atoms with Crippen molar-refractivity contribution in [1.29, 1.82) is 0 Å². The van der Waals surface area contributed by atoms with E-state index < -0.39 is 5.97 Å². The van der Waals surface area contributed by atoms with Crippen LogP contribution in [0.3, 0.4) is 0 Å². The van der Waals surface area contributed by atoms with Gasteiger partial charge in [-0.25, -0.2) is 4.79 Å². The Morgan fingerprint density at radius 3 is 2.89 bits per heavy atom. The van der Waals surface area contributed by atoms with Crippen molar-refractivity contribution in [2.45, 2.75) is 30.4 Å². The molecule has 0 bridgehead atoms. The first kappa shape index (κ1) is 13.6. The van der Waals surface area contributed by atoms with E-state index in [9.17, 15) is 4.79 Å². The van der Waals surface area contributed by atoms with Gasteiger partial charge in [0.1, 0.15) is 0 Å². The molecule has 0 aliphatic carbocycles. The Balaban J connectivity index is 2.01. The van der Waals surface area contributed by atoms with Crippen molar-refractivity contribution in [3.8, 4) is 0 Å². The highest BCUT2D eigenvalue weighted by Gasteiger charge is 2.10. The number of hydrogen-bond donors (Lipinski definition) is 1. The summed E-state index contributed by atoms with van der Waals surface area (Å²) in [6, 6.07) is 6.79. The van der Waals surface area contributed by atoms with Crippen molar-refractivity contribution >= 4 is 17.7 Å². The molecule has 0 atom stereocenters. The first-order chi connectivity index (χ1) is 9.06. The lowest BCUT2D eigenvalue weighted by Gasteiger charge is -2.00. The topological polar surface area (TPSA) is 76.2 Å². The zero-order chi connectivity index (χ0) is 13.8. The molecule has 0 amide bonds. The van der Waals surface area contributed by atoms with Crippen molar-refractivity contribution in [1.82, 2.24) is 10.1 Å². The summed E-state index contributed by atoms with van der Waals surface area (Å²) in [5.41, 5.74) is 0.279. The Morgan fingerprint density at radius 2 is 2.26 bits per heavy atom. The van der Waals surface area contributed by atoms with E-state index in [4.69, 9.17) is 9.63 Å². The van der Waals surface area contributed by atoms with Crippen molar-refractivity contribution in [2.75, 3.05) is 0 Å². The molecule has 1 aromatic carbocycles. The molecular formula is C13H14N2O3S. The van der Waals surface area contributed by atoms with Gasteiger partial charge in [0.2, 0.25) is 5.89 Å². The second-order valence-electron chi connectivity index (χ2n) is 4.33. The fourth-order valence-electron chi connectivity index (χ4n) is 1.43. The highest BCUT2D eigenvalue weighted by atomic mass is 32.2. The molecule has 1 aromatic heterocycles. The Bertz CT molecular complexity index is 581. The largest absolute Gasteiger partial charge is 0.478 e. The van der Waals surface area contributed by atoms with Gasteiger partial charge in [-0.1, -0.05) is 25.1 Å². The van der Waals surface area contributed by atoms with Gasteiger partial charge < -0.3 is 9.63 Å². The Morgan fingerprint density at radius 1 is 1.47 bits per heavy atom. The summed E-state index contributed by atoms with van der Waals surface area (Å²) in [5.74, 6) is 1.08. The number of aromatic carboxylic acids is 1. The van der Waals surface area contributed by atoms with E-state index in [1.54, 1.807) is 18.2 Å². The minimum atomic E-state index is -0.927. The van der Waals surface area contributed by atoms with Crippen molar-refractivity contribution in [3.63, 3.8) is 0 Å². The summed E-state index contributed by atoms with van der Waals surface area (Å²) in [7, 11) is 0. The van der Waals surface area contributed by atoms with E-state index >= 15 is 0 Å². The zero-order valence-corrected chi connectivity index (χ0v) is 11.5. The van der Waals surface area contributed by atoms with Gasteiger partial charge in [-0.2, -0.15) is 4.98 Å². The highest BCUT2D eigenvalue weighted by Crippen LogP contribution is 2.23. The van der Waals surface area contributed by atoms with Crippen LogP contribution in [0.2, 0.25) is 0 Å². The van der Waals surface area contributed by atoms with Crippen molar-refractivity contribution < 1.29 is 14.4 Å². The summed E-state index contributed by atoms with van der Waals surface area (Å²) >= 11 is 1.48. The van der Waals surface area contributed by atoms with Crippen LogP contribution in [-0.4, -0.2) is 21.2 Å². The van der Waals surface area contributed by atoms with Crippen LogP contribution < -0.4 is 0 Å². The average Bonchev–Trinajstić information content (AvgIpc) is 2.85. The minimum Gasteiger partial charge on any atom is -0.478 e. The quantitative estimate of drug-likeness (QED) is 0.846. The van der Waals surface area contributed by atoms with Crippen molar-refractivity contribution in [3.05, 3.63) is 41.5 Å². The van der Waals surface area contributed by atoms with Crippen LogP contribution in [0, 0.1) is 0 Å². The van der Waals surface area contributed by atoms with E-state index in [1.807, 2.05) is 19.9 Å². The number of thioether (sulfide) groups is 1.